The number of allylic oxidation sites excluding steroid dienone is 5. The van der Waals surface area contributed by atoms with Gasteiger partial charge in [0.2, 0.25) is 5.91 Å². The van der Waals surface area contributed by atoms with Crippen LogP contribution in [-0.4, -0.2) is 87.5 Å². The van der Waals surface area contributed by atoms with Crippen molar-refractivity contribution in [2.24, 2.45) is 0 Å². The van der Waals surface area contributed by atoms with Gasteiger partial charge in [-0.1, -0.05) is 294 Å². The van der Waals surface area contributed by atoms with Gasteiger partial charge in [-0.2, -0.15) is 0 Å². The van der Waals surface area contributed by atoms with Crippen molar-refractivity contribution in [3.63, 3.8) is 0 Å². The lowest BCUT2D eigenvalue weighted by Crippen LogP contribution is -2.60. The van der Waals surface area contributed by atoms with Crippen LogP contribution in [0.15, 0.2) is 36.5 Å². The van der Waals surface area contributed by atoms with Crippen LogP contribution < -0.4 is 5.32 Å². The van der Waals surface area contributed by atoms with Crippen molar-refractivity contribution in [2.75, 3.05) is 13.2 Å². The van der Waals surface area contributed by atoms with E-state index in [4.69, 9.17) is 9.47 Å². The predicted octanol–water partition coefficient (Wildman–Crippen LogP) is 17.1. The monoisotopic (exact) mass is 1060 g/mol. The lowest BCUT2D eigenvalue weighted by molar-refractivity contribution is -0.302. The molecular weight excluding hydrogens is 935 g/mol. The number of unbranched alkanes of at least 4 members (excludes halogenated alkanes) is 43. The van der Waals surface area contributed by atoms with E-state index < -0.39 is 49.5 Å². The smallest absolute Gasteiger partial charge is 0.220 e. The highest BCUT2D eigenvalue weighted by Crippen LogP contribution is 2.23. The third-order valence-electron chi connectivity index (χ3n) is 15.7. The highest BCUT2D eigenvalue weighted by atomic mass is 16.7. The molecule has 0 radical (unpaired) electrons. The Kier molecular flexibility index (Phi) is 53.1. The minimum atomic E-state index is -1.57. The molecule has 0 bridgehead atoms. The number of aliphatic hydroxyl groups is 5. The largest absolute Gasteiger partial charge is 0.394 e. The number of aliphatic hydroxyl groups excluding tert-OH is 5. The summed E-state index contributed by atoms with van der Waals surface area (Å²) in [6.45, 7) is 3.80. The minimum Gasteiger partial charge on any atom is -0.394 e. The van der Waals surface area contributed by atoms with E-state index >= 15 is 0 Å². The zero-order valence-electron chi connectivity index (χ0n) is 49.3. The van der Waals surface area contributed by atoms with E-state index in [1.54, 1.807) is 6.08 Å². The minimum absolute atomic E-state index is 0.182. The first-order valence-corrected chi connectivity index (χ1v) is 32.7. The molecule has 0 saturated carbocycles. The maximum atomic E-state index is 13.1. The first kappa shape index (κ1) is 71.4. The average Bonchev–Trinajstić information content (AvgIpc) is 3.41. The second-order valence-electron chi connectivity index (χ2n) is 22.9. The van der Waals surface area contributed by atoms with Gasteiger partial charge < -0.3 is 40.3 Å². The summed E-state index contributed by atoms with van der Waals surface area (Å²) in [5.74, 6) is -0.182. The first-order chi connectivity index (χ1) is 36.8. The standard InChI is InChI=1S/C66H125NO8/c1-3-5-7-9-11-13-15-17-19-21-22-23-24-25-26-27-28-29-30-31-32-33-34-35-36-37-38-40-42-44-46-48-50-52-54-56-62(70)67-59(58-74-66-65(73)64(72)63(71)61(57-68)75-66)60(69)55-53-51-49-47-45-43-41-39-20-18-16-14-12-10-8-6-4-2/h27-28,45,47,53,55,59-61,63-66,68-69,71-73H,3-26,29-44,46,48-52,54,56-58H2,1-2H3,(H,67,70)/b28-27-,47-45+,55-53+. The molecule has 7 unspecified atom stereocenters. The molecule has 1 amide bonds. The molecule has 75 heavy (non-hydrogen) atoms. The van der Waals surface area contributed by atoms with Crippen molar-refractivity contribution in [1.82, 2.24) is 5.32 Å². The van der Waals surface area contributed by atoms with Gasteiger partial charge in [0.05, 0.1) is 25.4 Å². The van der Waals surface area contributed by atoms with Crippen LogP contribution in [0.5, 0.6) is 0 Å². The van der Waals surface area contributed by atoms with Gasteiger partial charge in [0.25, 0.3) is 0 Å². The molecule has 0 aromatic rings. The molecule has 442 valence electrons. The quantitative estimate of drug-likeness (QED) is 0.0261. The van der Waals surface area contributed by atoms with Crippen molar-refractivity contribution in [1.29, 1.82) is 0 Å². The molecule has 6 N–H and O–H groups in total. The number of hydrogen-bond donors (Lipinski definition) is 6. The Bertz CT molecular complexity index is 1270. The van der Waals surface area contributed by atoms with Gasteiger partial charge in [0, 0.05) is 6.42 Å². The van der Waals surface area contributed by atoms with Crippen molar-refractivity contribution in [2.45, 2.75) is 365 Å². The molecule has 1 rings (SSSR count). The van der Waals surface area contributed by atoms with E-state index in [1.807, 2.05) is 6.08 Å². The van der Waals surface area contributed by atoms with Crippen LogP contribution in [0.1, 0.15) is 322 Å². The second kappa shape index (κ2) is 55.7. The van der Waals surface area contributed by atoms with Crippen LogP contribution in [0.25, 0.3) is 0 Å². The maximum absolute atomic E-state index is 13.1. The van der Waals surface area contributed by atoms with Crippen LogP contribution in [0.2, 0.25) is 0 Å². The van der Waals surface area contributed by atoms with Crippen LogP contribution in [0, 0.1) is 0 Å². The number of hydrogen-bond acceptors (Lipinski definition) is 8. The fourth-order valence-corrected chi connectivity index (χ4v) is 10.5. The van der Waals surface area contributed by atoms with Crippen molar-refractivity contribution in [3.05, 3.63) is 36.5 Å². The van der Waals surface area contributed by atoms with Gasteiger partial charge in [-0.3, -0.25) is 4.79 Å². The number of nitrogens with one attached hydrogen (secondary N) is 1. The number of ether oxygens (including phenoxy) is 2. The Morgan fingerprint density at radius 3 is 1.12 bits per heavy atom. The SMILES string of the molecule is CCCCCCCCCCCCC/C=C/CC/C=C/C(O)C(COC1OC(CO)C(O)C(O)C1O)NC(=O)CCCCCCCCCCCCCCCCCCC/C=C\CCCCCCCCCCCCCCCC. The Balaban J connectivity index is 2.10. The third kappa shape index (κ3) is 44.9. The molecule has 7 atom stereocenters. The predicted molar refractivity (Wildman–Crippen MR) is 318 cm³/mol. The Hall–Kier alpha value is -1.59. The molecule has 9 nitrogen and oxygen atoms in total. The second-order valence-corrected chi connectivity index (χ2v) is 22.9. The van der Waals surface area contributed by atoms with E-state index in [0.29, 0.717) is 6.42 Å². The molecule has 1 aliphatic rings. The van der Waals surface area contributed by atoms with Crippen LogP contribution in [0.3, 0.4) is 0 Å². The zero-order chi connectivity index (χ0) is 54.3. The fraction of sp³-hybridized carbons (Fsp3) is 0.894. The summed E-state index contributed by atoms with van der Waals surface area (Å²) in [4.78, 5) is 13.1. The summed E-state index contributed by atoms with van der Waals surface area (Å²) in [6, 6.07) is -0.821. The van der Waals surface area contributed by atoms with Crippen LogP contribution in [0.4, 0.5) is 0 Å². The van der Waals surface area contributed by atoms with Gasteiger partial charge >= 0.3 is 0 Å². The average molecular weight is 1060 g/mol. The highest BCUT2D eigenvalue weighted by molar-refractivity contribution is 5.76. The van der Waals surface area contributed by atoms with Crippen LogP contribution >= 0.6 is 0 Å². The number of rotatable bonds is 57. The normalized spacial score (nSPS) is 19.1. The summed E-state index contributed by atoms with van der Waals surface area (Å²) >= 11 is 0. The highest BCUT2D eigenvalue weighted by Gasteiger charge is 2.44. The molecule has 0 aromatic carbocycles. The van der Waals surface area contributed by atoms with Crippen LogP contribution in [-0.2, 0) is 14.3 Å². The van der Waals surface area contributed by atoms with E-state index in [2.05, 4.69) is 43.5 Å². The van der Waals surface area contributed by atoms with E-state index in [0.717, 1.165) is 38.5 Å². The Morgan fingerprint density at radius 2 is 0.760 bits per heavy atom. The summed E-state index contributed by atoms with van der Waals surface area (Å²) < 4.78 is 11.3. The van der Waals surface area contributed by atoms with Gasteiger partial charge in [-0.15, -0.1) is 0 Å². The lowest BCUT2D eigenvalue weighted by atomic mass is 9.99. The molecule has 9 heteroatoms. The van der Waals surface area contributed by atoms with Gasteiger partial charge in [0.15, 0.2) is 6.29 Å². The Morgan fingerprint density at radius 1 is 0.440 bits per heavy atom. The molecule has 1 heterocycles. The molecule has 1 aliphatic heterocycles. The number of amides is 1. The third-order valence-corrected chi connectivity index (χ3v) is 15.7. The van der Waals surface area contributed by atoms with E-state index in [-0.39, 0.29) is 12.5 Å². The summed E-state index contributed by atoms with van der Waals surface area (Å²) in [7, 11) is 0. The van der Waals surface area contributed by atoms with E-state index in [1.165, 1.54) is 263 Å². The first-order valence-electron chi connectivity index (χ1n) is 32.7. The number of carbonyl (C=O) groups excluding carboxylic acids is 1. The fourth-order valence-electron chi connectivity index (χ4n) is 10.5. The molecule has 1 fully saturated rings. The Labute approximate surface area is 463 Å². The van der Waals surface area contributed by atoms with Crippen molar-refractivity contribution in [3.8, 4) is 0 Å². The summed E-state index contributed by atoms with van der Waals surface area (Å²) in [5, 5.41) is 54.5. The molecule has 0 aliphatic carbocycles. The van der Waals surface area contributed by atoms with Crippen molar-refractivity contribution < 1.29 is 39.8 Å². The van der Waals surface area contributed by atoms with Gasteiger partial charge in [-0.25, -0.2) is 0 Å². The lowest BCUT2D eigenvalue weighted by Gasteiger charge is -2.40. The molecule has 0 spiro atoms. The maximum Gasteiger partial charge on any atom is 0.220 e. The molecule has 0 aromatic heterocycles. The zero-order valence-corrected chi connectivity index (χ0v) is 49.3. The van der Waals surface area contributed by atoms with E-state index in [9.17, 15) is 30.3 Å². The van der Waals surface area contributed by atoms with Gasteiger partial charge in [0.1, 0.15) is 24.4 Å². The number of carbonyl (C=O) groups is 1. The van der Waals surface area contributed by atoms with Gasteiger partial charge in [-0.05, 0) is 57.8 Å². The molecular formula is C66H125NO8. The molecule has 1 saturated heterocycles. The summed E-state index contributed by atoms with van der Waals surface area (Å²) in [6.07, 6.45) is 66.8. The van der Waals surface area contributed by atoms with Crippen molar-refractivity contribution >= 4 is 5.91 Å². The topological polar surface area (TPSA) is 149 Å². The summed E-state index contributed by atoms with van der Waals surface area (Å²) in [5.41, 5.74) is 0.